The number of aromatic nitrogens is 2. The number of anilines is 3. The van der Waals surface area contributed by atoms with Crippen molar-refractivity contribution in [2.24, 2.45) is 0 Å². The quantitative estimate of drug-likeness (QED) is 0.738. The molecule has 1 amide bonds. The van der Waals surface area contributed by atoms with Gasteiger partial charge in [-0.2, -0.15) is 0 Å². The molecule has 0 spiro atoms. The van der Waals surface area contributed by atoms with Crippen LogP contribution in [0.1, 0.15) is 15.9 Å². The Kier molecular flexibility index (Phi) is 4.72. The summed E-state index contributed by atoms with van der Waals surface area (Å²) in [5.74, 6) is 0.629. The number of amides is 1. The second-order valence-electron chi connectivity index (χ2n) is 5.18. The largest absolute Gasteiger partial charge is 0.339 e. The van der Waals surface area contributed by atoms with E-state index >= 15 is 0 Å². The molecule has 0 aliphatic heterocycles. The predicted molar refractivity (Wildman–Crippen MR) is 95.9 cm³/mol. The highest BCUT2D eigenvalue weighted by molar-refractivity contribution is 6.34. The fourth-order valence-electron chi connectivity index (χ4n) is 2.15. The number of para-hydroxylation sites is 1. The van der Waals surface area contributed by atoms with Crippen LogP contribution in [0.5, 0.6) is 0 Å². The molecule has 2 N–H and O–H groups in total. The molecule has 0 aliphatic carbocycles. The molecule has 0 unspecified atom stereocenters. The third kappa shape index (κ3) is 3.70. The molecule has 0 bridgehead atoms. The normalized spacial score (nSPS) is 10.2. The zero-order valence-electron chi connectivity index (χ0n) is 13.0. The molecule has 0 atom stereocenters. The van der Waals surface area contributed by atoms with Crippen molar-refractivity contribution in [2.45, 2.75) is 6.92 Å². The van der Waals surface area contributed by atoms with Crippen LogP contribution in [0.3, 0.4) is 0 Å². The zero-order chi connectivity index (χ0) is 16.9. The number of hydrogen-bond donors (Lipinski definition) is 2. The number of benzene rings is 2. The van der Waals surface area contributed by atoms with Crippen molar-refractivity contribution in [1.82, 2.24) is 10.2 Å². The van der Waals surface area contributed by atoms with Gasteiger partial charge in [-0.15, -0.1) is 10.2 Å². The maximum absolute atomic E-state index is 12.2. The van der Waals surface area contributed by atoms with E-state index in [-0.39, 0.29) is 5.91 Å². The van der Waals surface area contributed by atoms with Crippen LogP contribution in [0.2, 0.25) is 5.02 Å². The lowest BCUT2D eigenvalue weighted by atomic mass is 10.2. The van der Waals surface area contributed by atoms with Gasteiger partial charge in [-0.05, 0) is 42.8 Å². The fraction of sp³-hybridized carbons (Fsp3) is 0.0556. The van der Waals surface area contributed by atoms with Crippen LogP contribution in [0.25, 0.3) is 0 Å². The number of carbonyl (C=O) groups excluding carboxylic acids is 1. The van der Waals surface area contributed by atoms with E-state index in [9.17, 15) is 4.79 Å². The molecule has 0 radical (unpaired) electrons. The Hall–Kier alpha value is -2.92. The SMILES string of the molecule is Cc1ccccc1Nc1ccc(NC(=O)c2ccccc2Cl)nn1. The number of rotatable bonds is 4. The van der Waals surface area contributed by atoms with E-state index in [1.54, 1.807) is 36.4 Å². The van der Waals surface area contributed by atoms with Crippen molar-refractivity contribution >= 4 is 34.8 Å². The summed E-state index contributed by atoms with van der Waals surface area (Å²) in [6.07, 6.45) is 0. The molecule has 0 fully saturated rings. The fourth-order valence-corrected chi connectivity index (χ4v) is 2.37. The molecule has 2 aromatic carbocycles. The van der Waals surface area contributed by atoms with E-state index in [0.29, 0.717) is 22.2 Å². The Morgan fingerprint density at radius 1 is 0.917 bits per heavy atom. The minimum Gasteiger partial charge on any atom is -0.339 e. The molecule has 24 heavy (non-hydrogen) atoms. The van der Waals surface area contributed by atoms with Crippen LogP contribution in [0, 0.1) is 6.92 Å². The number of halogens is 1. The lowest BCUT2D eigenvalue weighted by molar-refractivity contribution is 0.102. The van der Waals surface area contributed by atoms with Gasteiger partial charge in [0.15, 0.2) is 11.6 Å². The van der Waals surface area contributed by atoms with Gasteiger partial charge in [0.2, 0.25) is 0 Å². The molecule has 1 aromatic heterocycles. The van der Waals surface area contributed by atoms with E-state index in [4.69, 9.17) is 11.6 Å². The Bertz CT molecular complexity index is 865. The summed E-state index contributed by atoms with van der Waals surface area (Å²) in [5, 5.41) is 14.3. The third-order valence-corrected chi connectivity index (χ3v) is 3.76. The van der Waals surface area contributed by atoms with Gasteiger partial charge >= 0.3 is 0 Å². The highest BCUT2D eigenvalue weighted by Crippen LogP contribution is 2.19. The van der Waals surface area contributed by atoms with Crippen molar-refractivity contribution in [1.29, 1.82) is 0 Å². The molecule has 3 aromatic rings. The molecule has 0 saturated heterocycles. The number of hydrogen-bond acceptors (Lipinski definition) is 4. The number of aryl methyl sites for hydroxylation is 1. The maximum Gasteiger partial charge on any atom is 0.258 e. The van der Waals surface area contributed by atoms with Gasteiger partial charge in [0.05, 0.1) is 10.6 Å². The summed E-state index contributed by atoms with van der Waals surface area (Å²) in [6.45, 7) is 2.01. The van der Waals surface area contributed by atoms with Gasteiger partial charge in [-0.25, -0.2) is 0 Å². The summed E-state index contributed by atoms with van der Waals surface area (Å²) in [7, 11) is 0. The van der Waals surface area contributed by atoms with Crippen LogP contribution in [-0.2, 0) is 0 Å². The smallest absolute Gasteiger partial charge is 0.258 e. The van der Waals surface area contributed by atoms with Gasteiger partial charge in [0.1, 0.15) is 0 Å². The van der Waals surface area contributed by atoms with E-state index in [1.165, 1.54) is 0 Å². The average Bonchev–Trinajstić information content (AvgIpc) is 2.59. The second-order valence-corrected chi connectivity index (χ2v) is 5.58. The van der Waals surface area contributed by atoms with Gasteiger partial charge in [-0.3, -0.25) is 4.79 Å². The monoisotopic (exact) mass is 338 g/mol. The highest BCUT2D eigenvalue weighted by Gasteiger charge is 2.10. The zero-order valence-corrected chi connectivity index (χ0v) is 13.7. The summed E-state index contributed by atoms with van der Waals surface area (Å²) in [5.41, 5.74) is 2.46. The van der Waals surface area contributed by atoms with E-state index < -0.39 is 0 Å². The standard InChI is InChI=1S/C18H15ClN4O/c1-12-6-2-5-9-15(12)20-16-10-11-17(23-22-16)21-18(24)13-7-3-4-8-14(13)19/h2-11H,1H3,(H,20,22)(H,21,23,24). The maximum atomic E-state index is 12.2. The van der Waals surface area contributed by atoms with E-state index in [0.717, 1.165) is 11.3 Å². The summed E-state index contributed by atoms with van der Waals surface area (Å²) in [6, 6.07) is 18.2. The van der Waals surface area contributed by atoms with Crippen molar-refractivity contribution in [3.8, 4) is 0 Å². The lowest BCUT2D eigenvalue weighted by Gasteiger charge is -2.09. The first kappa shape index (κ1) is 16.0. The van der Waals surface area contributed by atoms with Crippen LogP contribution in [0.15, 0.2) is 60.7 Å². The average molecular weight is 339 g/mol. The van der Waals surface area contributed by atoms with Crippen LogP contribution in [-0.4, -0.2) is 16.1 Å². The Labute approximate surface area is 144 Å². The summed E-state index contributed by atoms with van der Waals surface area (Å²) >= 11 is 6.01. The Morgan fingerprint density at radius 2 is 1.58 bits per heavy atom. The lowest BCUT2D eigenvalue weighted by Crippen LogP contribution is -2.14. The van der Waals surface area contributed by atoms with Crippen molar-refractivity contribution < 1.29 is 4.79 Å². The molecule has 5 nitrogen and oxygen atoms in total. The Morgan fingerprint density at radius 3 is 2.29 bits per heavy atom. The minimum atomic E-state index is -0.325. The predicted octanol–water partition coefficient (Wildman–Crippen LogP) is 4.43. The molecule has 6 heteroatoms. The van der Waals surface area contributed by atoms with E-state index in [1.807, 2.05) is 31.2 Å². The molecule has 3 rings (SSSR count). The number of nitrogens with one attached hydrogen (secondary N) is 2. The molecular weight excluding hydrogens is 324 g/mol. The van der Waals surface area contributed by atoms with Gasteiger partial charge in [0.25, 0.3) is 5.91 Å². The number of carbonyl (C=O) groups is 1. The topological polar surface area (TPSA) is 66.9 Å². The summed E-state index contributed by atoms with van der Waals surface area (Å²) < 4.78 is 0. The molecular formula is C18H15ClN4O. The molecule has 0 aliphatic rings. The first-order valence-electron chi connectivity index (χ1n) is 7.36. The van der Waals surface area contributed by atoms with Crippen LogP contribution in [0.4, 0.5) is 17.3 Å². The highest BCUT2D eigenvalue weighted by atomic mass is 35.5. The Balaban J connectivity index is 1.70. The second kappa shape index (κ2) is 7.10. The van der Waals surface area contributed by atoms with E-state index in [2.05, 4.69) is 20.8 Å². The van der Waals surface area contributed by atoms with Crippen molar-refractivity contribution in [3.05, 3.63) is 76.8 Å². The van der Waals surface area contributed by atoms with Gasteiger partial charge in [0, 0.05) is 5.69 Å². The van der Waals surface area contributed by atoms with Crippen molar-refractivity contribution in [2.75, 3.05) is 10.6 Å². The van der Waals surface area contributed by atoms with Gasteiger partial charge in [-0.1, -0.05) is 41.9 Å². The van der Waals surface area contributed by atoms with Crippen LogP contribution >= 0.6 is 11.6 Å². The molecule has 0 saturated carbocycles. The number of nitrogens with zero attached hydrogens (tertiary/aromatic N) is 2. The first-order valence-corrected chi connectivity index (χ1v) is 7.73. The minimum absolute atomic E-state index is 0.325. The molecule has 120 valence electrons. The van der Waals surface area contributed by atoms with Crippen LogP contribution < -0.4 is 10.6 Å². The van der Waals surface area contributed by atoms with Gasteiger partial charge < -0.3 is 10.6 Å². The third-order valence-electron chi connectivity index (χ3n) is 3.43. The first-order chi connectivity index (χ1) is 11.6. The summed E-state index contributed by atoms with van der Waals surface area (Å²) in [4.78, 5) is 12.2. The molecule has 1 heterocycles. The van der Waals surface area contributed by atoms with Crippen molar-refractivity contribution in [3.63, 3.8) is 0 Å².